The zero-order valence-electron chi connectivity index (χ0n) is 8.79. The zero-order chi connectivity index (χ0) is 11.0. The minimum Gasteiger partial charge on any atom is -0.394 e. The van der Waals surface area contributed by atoms with Crippen molar-refractivity contribution in [1.29, 1.82) is 5.26 Å². The van der Waals surface area contributed by atoms with Gasteiger partial charge in [0, 0.05) is 0 Å². The number of amides is 1. The first-order valence-electron chi connectivity index (χ1n) is 5.00. The Kier molecular flexibility index (Phi) is 6.77. The number of carbonyl (C=O) groups excluding carboxylic acids is 1. The summed E-state index contributed by atoms with van der Waals surface area (Å²) in [6, 6.07) is 1.74. The normalized spacial score (nSPS) is 14.1. The SMILES string of the molecule is CCCC(C#N)C(=O)N[C@@H](CC)CO. The molecular formula is C10H18N2O2. The van der Waals surface area contributed by atoms with Gasteiger partial charge in [-0.05, 0) is 12.8 Å². The second kappa shape index (κ2) is 7.34. The van der Waals surface area contributed by atoms with E-state index < -0.39 is 5.92 Å². The van der Waals surface area contributed by atoms with Gasteiger partial charge in [-0.1, -0.05) is 20.3 Å². The van der Waals surface area contributed by atoms with Crippen LogP contribution >= 0.6 is 0 Å². The van der Waals surface area contributed by atoms with Crippen molar-refractivity contribution in [3.8, 4) is 6.07 Å². The van der Waals surface area contributed by atoms with E-state index in [1.165, 1.54) is 0 Å². The van der Waals surface area contributed by atoms with E-state index in [4.69, 9.17) is 10.4 Å². The number of hydrogen-bond acceptors (Lipinski definition) is 3. The fourth-order valence-corrected chi connectivity index (χ4v) is 1.12. The first kappa shape index (κ1) is 12.9. The Morgan fingerprint density at radius 3 is 2.57 bits per heavy atom. The Balaban J connectivity index is 4.10. The molecule has 0 aromatic rings. The summed E-state index contributed by atoms with van der Waals surface area (Å²) in [5.74, 6) is -0.851. The molecule has 0 rings (SSSR count). The van der Waals surface area contributed by atoms with Gasteiger partial charge in [0.1, 0.15) is 5.92 Å². The third-order valence-electron chi connectivity index (χ3n) is 2.11. The van der Waals surface area contributed by atoms with Gasteiger partial charge in [-0.25, -0.2) is 0 Å². The molecule has 4 nitrogen and oxygen atoms in total. The molecule has 0 saturated heterocycles. The van der Waals surface area contributed by atoms with Gasteiger partial charge in [0.05, 0.1) is 18.7 Å². The van der Waals surface area contributed by atoms with Crippen molar-refractivity contribution < 1.29 is 9.90 Å². The van der Waals surface area contributed by atoms with Crippen LogP contribution < -0.4 is 5.32 Å². The Morgan fingerprint density at radius 2 is 2.21 bits per heavy atom. The highest BCUT2D eigenvalue weighted by molar-refractivity contribution is 5.81. The molecule has 0 aliphatic heterocycles. The molecule has 4 heteroatoms. The van der Waals surface area contributed by atoms with Gasteiger partial charge in [-0.3, -0.25) is 4.79 Å². The van der Waals surface area contributed by atoms with E-state index in [2.05, 4.69) is 5.32 Å². The van der Waals surface area contributed by atoms with Gasteiger partial charge >= 0.3 is 0 Å². The van der Waals surface area contributed by atoms with Crippen molar-refractivity contribution in [3.63, 3.8) is 0 Å². The number of rotatable bonds is 6. The Labute approximate surface area is 84.9 Å². The average Bonchev–Trinajstić information content (AvgIpc) is 2.22. The van der Waals surface area contributed by atoms with E-state index in [1.807, 2.05) is 19.9 Å². The monoisotopic (exact) mass is 198 g/mol. The lowest BCUT2D eigenvalue weighted by molar-refractivity contribution is -0.124. The molecule has 0 heterocycles. The first-order valence-corrected chi connectivity index (χ1v) is 5.00. The van der Waals surface area contributed by atoms with Crippen LogP contribution in [-0.4, -0.2) is 23.7 Å². The molecule has 2 atom stereocenters. The molecule has 80 valence electrons. The minimum atomic E-state index is -0.583. The molecule has 1 unspecified atom stereocenters. The third-order valence-corrected chi connectivity index (χ3v) is 2.11. The maximum Gasteiger partial charge on any atom is 0.237 e. The van der Waals surface area contributed by atoms with Gasteiger partial charge in [0.25, 0.3) is 0 Å². The Hall–Kier alpha value is -1.08. The fourth-order valence-electron chi connectivity index (χ4n) is 1.12. The summed E-state index contributed by atoms with van der Waals surface area (Å²) in [6.45, 7) is 3.73. The molecule has 0 aliphatic rings. The molecule has 0 bridgehead atoms. The predicted molar refractivity (Wildman–Crippen MR) is 53.3 cm³/mol. The van der Waals surface area contributed by atoms with E-state index in [0.717, 1.165) is 6.42 Å². The van der Waals surface area contributed by atoms with Crippen LogP contribution in [0.1, 0.15) is 33.1 Å². The second-order valence-electron chi connectivity index (χ2n) is 3.27. The van der Waals surface area contributed by atoms with Crippen LogP contribution in [0.2, 0.25) is 0 Å². The van der Waals surface area contributed by atoms with E-state index in [0.29, 0.717) is 12.8 Å². The number of nitriles is 1. The minimum absolute atomic E-state index is 0.0769. The van der Waals surface area contributed by atoms with Gasteiger partial charge in [0.2, 0.25) is 5.91 Å². The van der Waals surface area contributed by atoms with Crippen molar-refractivity contribution in [2.45, 2.75) is 39.2 Å². The van der Waals surface area contributed by atoms with Gasteiger partial charge < -0.3 is 10.4 Å². The summed E-state index contributed by atoms with van der Waals surface area (Å²) in [4.78, 5) is 11.4. The first-order chi connectivity index (χ1) is 6.69. The maximum atomic E-state index is 11.4. The standard InChI is InChI=1S/C10H18N2O2/c1-3-5-8(6-11)10(14)12-9(4-2)7-13/h8-9,13H,3-5,7H2,1-2H3,(H,12,14)/t8?,9-/m0/s1. The summed E-state index contributed by atoms with van der Waals surface area (Å²) < 4.78 is 0. The van der Waals surface area contributed by atoms with Crippen molar-refractivity contribution in [2.75, 3.05) is 6.61 Å². The molecular weight excluding hydrogens is 180 g/mol. The van der Waals surface area contributed by atoms with Crippen LogP contribution in [0.4, 0.5) is 0 Å². The molecule has 0 spiro atoms. The summed E-state index contributed by atoms with van der Waals surface area (Å²) >= 11 is 0. The molecule has 0 aromatic heterocycles. The highest BCUT2D eigenvalue weighted by Gasteiger charge is 2.18. The number of aliphatic hydroxyl groups is 1. The highest BCUT2D eigenvalue weighted by atomic mass is 16.3. The molecule has 0 fully saturated rings. The van der Waals surface area contributed by atoms with Crippen molar-refractivity contribution in [3.05, 3.63) is 0 Å². The van der Waals surface area contributed by atoms with Gasteiger partial charge in [0.15, 0.2) is 0 Å². The van der Waals surface area contributed by atoms with E-state index in [-0.39, 0.29) is 18.6 Å². The smallest absolute Gasteiger partial charge is 0.237 e. The molecule has 14 heavy (non-hydrogen) atoms. The summed E-state index contributed by atoms with van der Waals surface area (Å²) in [6.07, 6.45) is 2.05. The second-order valence-corrected chi connectivity index (χ2v) is 3.27. The van der Waals surface area contributed by atoms with Crippen LogP contribution in [0, 0.1) is 17.2 Å². The lowest BCUT2D eigenvalue weighted by atomic mass is 10.0. The topological polar surface area (TPSA) is 73.1 Å². The van der Waals surface area contributed by atoms with Crippen molar-refractivity contribution in [2.24, 2.45) is 5.92 Å². The van der Waals surface area contributed by atoms with Crippen LogP contribution in [0.3, 0.4) is 0 Å². The maximum absolute atomic E-state index is 11.4. The quantitative estimate of drug-likeness (QED) is 0.663. The zero-order valence-corrected chi connectivity index (χ0v) is 8.79. The molecule has 0 aromatic carbocycles. The molecule has 1 amide bonds. The van der Waals surface area contributed by atoms with Crippen LogP contribution in [-0.2, 0) is 4.79 Å². The van der Waals surface area contributed by atoms with Crippen molar-refractivity contribution in [1.82, 2.24) is 5.32 Å². The average molecular weight is 198 g/mol. The number of aliphatic hydroxyl groups excluding tert-OH is 1. The summed E-state index contributed by atoms with van der Waals surface area (Å²) in [5, 5.41) is 20.2. The summed E-state index contributed by atoms with van der Waals surface area (Å²) in [5.41, 5.74) is 0. The van der Waals surface area contributed by atoms with Crippen LogP contribution in [0.5, 0.6) is 0 Å². The number of hydrogen-bond donors (Lipinski definition) is 2. The third kappa shape index (κ3) is 4.24. The van der Waals surface area contributed by atoms with E-state index in [9.17, 15) is 4.79 Å². The molecule has 0 aliphatic carbocycles. The molecule has 0 radical (unpaired) electrons. The Morgan fingerprint density at radius 1 is 1.57 bits per heavy atom. The van der Waals surface area contributed by atoms with E-state index >= 15 is 0 Å². The number of carbonyl (C=O) groups is 1. The highest BCUT2D eigenvalue weighted by Crippen LogP contribution is 2.05. The fraction of sp³-hybridized carbons (Fsp3) is 0.800. The van der Waals surface area contributed by atoms with Gasteiger partial charge in [-0.15, -0.1) is 0 Å². The lowest BCUT2D eigenvalue weighted by Gasteiger charge is -2.16. The van der Waals surface area contributed by atoms with Crippen LogP contribution in [0.25, 0.3) is 0 Å². The van der Waals surface area contributed by atoms with E-state index in [1.54, 1.807) is 0 Å². The van der Waals surface area contributed by atoms with Crippen molar-refractivity contribution >= 4 is 5.91 Å². The predicted octanol–water partition coefficient (Wildman–Crippen LogP) is 0.813. The number of nitrogens with zero attached hydrogens (tertiary/aromatic N) is 1. The largest absolute Gasteiger partial charge is 0.394 e. The Bertz CT molecular complexity index is 207. The number of nitrogens with one attached hydrogen (secondary N) is 1. The van der Waals surface area contributed by atoms with Crippen LogP contribution in [0.15, 0.2) is 0 Å². The summed E-state index contributed by atoms with van der Waals surface area (Å²) in [7, 11) is 0. The van der Waals surface area contributed by atoms with Gasteiger partial charge in [-0.2, -0.15) is 5.26 Å². The lowest BCUT2D eigenvalue weighted by Crippen LogP contribution is -2.40. The molecule has 2 N–H and O–H groups in total. The molecule has 0 saturated carbocycles.